The molecule has 0 spiro atoms. The summed E-state index contributed by atoms with van der Waals surface area (Å²) in [5, 5.41) is 8.15. The van der Waals surface area contributed by atoms with E-state index in [2.05, 4.69) is 10.4 Å². The van der Waals surface area contributed by atoms with Gasteiger partial charge < -0.3 is 11.1 Å². The Hall–Kier alpha value is -4.40. The van der Waals surface area contributed by atoms with Gasteiger partial charge in [0.2, 0.25) is 5.78 Å². The summed E-state index contributed by atoms with van der Waals surface area (Å²) in [6.45, 7) is -2.98. The maximum atomic E-state index is 13.4. The lowest BCUT2D eigenvalue weighted by molar-refractivity contribution is -0.137. The molecule has 2 amide bonds. The minimum absolute atomic E-state index is 0.00262. The quantitative estimate of drug-likeness (QED) is 0.391. The van der Waals surface area contributed by atoms with E-state index in [1.165, 1.54) is 0 Å². The van der Waals surface area contributed by atoms with Crippen molar-refractivity contribution in [3.05, 3.63) is 90.1 Å². The summed E-state index contributed by atoms with van der Waals surface area (Å²) in [6, 6.07) is 20.1. The molecule has 1 aromatic heterocycles. The highest BCUT2D eigenvalue weighted by atomic mass is 19.3. The Labute approximate surface area is 193 Å². The van der Waals surface area contributed by atoms with E-state index in [1.54, 1.807) is 48.5 Å². The molecule has 3 N–H and O–H groups in total. The number of alkyl halides is 2. The van der Waals surface area contributed by atoms with Gasteiger partial charge in [-0.05, 0) is 22.4 Å². The van der Waals surface area contributed by atoms with Gasteiger partial charge in [-0.1, -0.05) is 66.7 Å². The van der Waals surface area contributed by atoms with E-state index in [4.69, 9.17) is 5.73 Å². The number of carbonyl (C=O) groups is 3. The van der Waals surface area contributed by atoms with Gasteiger partial charge in [0.05, 0.1) is 5.56 Å². The van der Waals surface area contributed by atoms with Gasteiger partial charge in [-0.2, -0.15) is 13.9 Å². The molecule has 0 aliphatic rings. The third-order valence-corrected chi connectivity index (χ3v) is 5.35. The Morgan fingerprint density at radius 3 is 2.29 bits per heavy atom. The molecule has 0 aliphatic heterocycles. The summed E-state index contributed by atoms with van der Waals surface area (Å²) in [6.07, 6.45) is 0.918. The zero-order chi connectivity index (χ0) is 24.2. The average molecular weight is 462 g/mol. The molecule has 0 radical (unpaired) electrons. The molecule has 0 fully saturated rings. The molecule has 34 heavy (non-hydrogen) atoms. The van der Waals surface area contributed by atoms with Crippen molar-refractivity contribution in [1.29, 1.82) is 0 Å². The first-order valence-corrected chi connectivity index (χ1v) is 10.4. The number of aromatic nitrogens is 2. The number of benzene rings is 3. The monoisotopic (exact) mass is 462 g/mol. The minimum atomic E-state index is -2.98. The van der Waals surface area contributed by atoms with Crippen molar-refractivity contribution in [3.8, 4) is 11.3 Å². The highest BCUT2D eigenvalue weighted by Crippen LogP contribution is 2.28. The third-order valence-electron chi connectivity index (χ3n) is 5.35. The van der Waals surface area contributed by atoms with Gasteiger partial charge in [0, 0.05) is 18.2 Å². The van der Waals surface area contributed by atoms with Crippen LogP contribution in [0.2, 0.25) is 0 Å². The number of amides is 2. The number of hydrogen-bond acceptors (Lipinski definition) is 4. The molecule has 4 rings (SSSR count). The number of carbonyl (C=O) groups excluding carboxylic acids is 3. The molecule has 4 aromatic rings. The van der Waals surface area contributed by atoms with Crippen molar-refractivity contribution in [1.82, 2.24) is 15.1 Å². The van der Waals surface area contributed by atoms with Gasteiger partial charge in [-0.15, -0.1) is 0 Å². The lowest BCUT2D eigenvalue weighted by Crippen LogP contribution is -2.47. The molecule has 0 saturated heterocycles. The lowest BCUT2D eigenvalue weighted by Gasteiger charge is -2.16. The van der Waals surface area contributed by atoms with Gasteiger partial charge in [-0.25, -0.2) is 4.68 Å². The molecule has 172 valence electrons. The predicted molar refractivity (Wildman–Crippen MR) is 122 cm³/mol. The Morgan fingerprint density at radius 1 is 0.941 bits per heavy atom. The van der Waals surface area contributed by atoms with Crippen molar-refractivity contribution in [2.45, 2.75) is 19.0 Å². The van der Waals surface area contributed by atoms with E-state index >= 15 is 0 Å². The summed E-state index contributed by atoms with van der Waals surface area (Å²) in [4.78, 5) is 37.1. The molecular weight excluding hydrogens is 442 g/mol. The van der Waals surface area contributed by atoms with Gasteiger partial charge >= 0.3 is 6.55 Å². The number of halogens is 2. The molecule has 1 atom stereocenters. The van der Waals surface area contributed by atoms with E-state index in [1.807, 2.05) is 24.3 Å². The normalized spacial score (nSPS) is 12.0. The second kappa shape index (κ2) is 9.62. The molecular formula is C25H20F2N4O3. The second-order valence-corrected chi connectivity index (χ2v) is 7.66. The fourth-order valence-corrected chi connectivity index (χ4v) is 3.67. The van der Waals surface area contributed by atoms with Crippen LogP contribution in [-0.4, -0.2) is 33.4 Å². The molecule has 9 heteroatoms. The molecule has 0 bridgehead atoms. The topological polar surface area (TPSA) is 107 Å². The number of nitrogens with two attached hydrogens (primary N) is 1. The fraction of sp³-hybridized carbons (Fsp3) is 0.120. The fourth-order valence-electron chi connectivity index (χ4n) is 3.67. The largest absolute Gasteiger partial charge is 0.363 e. The Kier molecular flexibility index (Phi) is 6.44. The maximum Gasteiger partial charge on any atom is 0.333 e. The molecule has 0 aliphatic carbocycles. The number of primary amides is 1. The Balaban J connectivity index is 1.70. The van der Waals surface area contributed by atoms with Crippen LogP contribution in [0.15, 0.2) is 79.0 Å². The number of ketones is 1. The first kappa shape index (κ1) is 22.8. The predicted octanol–water partition coefficient (Wildman–Crippen LogP) is 3.49. The summed E-state index contributed by atoms with van der Waals surface area (Å²) in [7, 11) is 0. The average Bonchev–Trinajstić information content (AvgIpc) is 3.29. The number of nitrogens with one attached hydrogen (secondary N) is 1. The molecule has 1 heterocycles. The molecule has 0 saturated carbocycles. The van der Waals surface area contributed by atoms with Crippen molar-refractivity contribution >= 4 is 28.4 Å². The van der Waals surface area contributed by atoms with Crippen molar-refractivity contribution < 1.29 is 23.2 Å². The van der Waals surface area contributed by atoms with Crippen LogP contribution in [0.25, 0.3) is 22.0 Å². The van der Waals surface area contributed by atoms with E-state index in [9.17, 15) is 23.2 Å². The molecule has 1 unspecified atom stereocenters. The van der Waals surface area contributed by atoms with Crippen LogP contribution >= 0.6 is 0 Å². The Bertz CT molecular complexity index is 1370. The zero-order valence-electron chi connectivity index (χ0n) is 17.8. The molecule has 3 aromatic carbocycles. The van der Waals surface area contributed by atoms with Crippen LogP contribution in [0.3, 0.4) is 0 Å². The van der Waals surface area contributed by atoms with Gasteiger partial charge in [-0.3, -0.25) is 14.4 Å². The number of Topliss-reactive ketones (excluding diaryl/α,β-unsaturated/α-hetero) is 1. The number of hydrogen-bond donors (Lipinski definition) is 2. The first-order chi connectivity index (χ1) is 16.3. The van der Waals surface area contributed by atoms with Crippen molar-refractivity contribution in [2.75, 3.05) is 0 Å². The van der Waals surface area contributed by atoms with Gasteiger partial charge in [0.15, 0.2) is 0 Å². The third kappa shape index (κ3) is 4.83. The van der Waals surface area contributed by atoms with Crippen LogP contribution < -0.4 is 11.1 Å². The zero-order valence-corrected chi connectivity index (χ0v) is 17.8. The highest BCUT2D eigenvalue weighted by molar-refractivity contribution is 6.38. The number of fused-ring (bicyclic) bond motifs is 1. The summed E-state index contributed by atoms with van der Waals surface area (Å²) in [5.74, 6) is -3.03. The van der Waals surface area contributed by atoms with Crippen LogP contribution in [0.5, 0.6) is 0 Å². The van der Waals surface area contributed by atoms with Crippen LogP contribution in [0, 0.1) is 0 Å². The Morgan fingerprint density at radius 2 is 1.62 bits per heavy atom. The smallest absolute Gasteiger partial charge is 0.333 e. The van der Waals surface area contributed by atoms with Crippen molar-refractivity contribution in [3.63, 3.8) is 0 Å². The number of nitrogens with zero attached hydrogens (tertiary/aromatic N) is 2. The van der Waals surface area contributed by atoms with E-state index in [0.717, 1.165) is 17.0 Å². The lowest BCUT2D eigenvalue weighted by atomic mass is 10.0. The SMILES string of the molecule is NC(=O)C(=O)C(Cc1ccccc1)NC(=O)c1cn(C(F)F)nc1-c1ccc2ccccc2c1. The molecule has 7 nitrogen and oxygen atoms in total. The van der Waals surface area contributed by atoms with Crippen LogP contribution in [0.1, 0.15) is 22.5 Å². The van der Waals surface area contributed by atoms with Crippen molar-refractivity contribution in [2.24, 2.45) is 5.73 Å². The maximum absolute atomic E-state index is 13.4. The van der Waals surface area contributed by atoms with Gasteiger partial charge in [0.25, 0.3) is 11.8 Å². The standard InChI is InChI=1S/C25H20F2N4O3/c26-25(27)31-14-19(21(30-31)18-11-10-16-8-4-5-9-17(16)13-18)24(34)29-20(22(32)23(28)33)12-15-6-2-1-3-7-15/h1-11,13-14,20,25H,12H2,(H2,28,33)(H,29,34). The van der Waals surface area contributed by atoms with E-state index < -0.39 is 30.2 Å². The number of rotatable bonds is 8. The van der Waals surface area contributed by atoms with E-state index in [0.29, 0.717) is 15.8 Å². The first-order valence-electron chi connectivity index (χ1n) is 10.4. The second-order valence-electron chi connectivity index (χ2n) is 7.66. The highest BCUT2D eigenvalue weighted by Gasteiger charge is 2.28. The van der Waals surface area contributed by atoms with Crippen LogP contribution in [0.4, 0.5) is 8.78 Å². The summed E-state index contributed by atoms with van der Waals surface area (Å²) < 4.78 is 27.2. The summed E-state index contributed by atoms with van der Waals surface area (Å²) >= 11 is 0. The summed E-state index contributed by atoms with van der Waals surface area (Å²) in [5.41, 5.74) is 6.16. The van der Waals surface area contributed by atoms with Crippen LogP contribution in [-0.2, 0) is 16.0 Å². The van der Waals surface area contributed by atoms with E-state index in [-0.39, 0.29) is 17.7 Å². The van der Waals surface area contributed by atoms with Gasteiger partial charge in [0.1, 0.15) is 11.7 Å². The minimum Gasteiger partial charge on any atom is -0.363 e.